The fraction of sp³-hybridized carbons (Fsp3) is 0.273. The summed E-state index contributed by atoms with van der Waals surface area (Å²) >= 11 is 3.54. The Bertz CT molecular complexity index is 1130. The maximum absolute atomic E-state index is 10.7. The summed E-state index contributed by atoms with van der Waals surface area (Å²) in [5.74, 6) is 0.0724. The molecular weight excluding hydrogens is 432 g/mol. The Hall–Kier alpha value is -2.64. The Kier molecular flexibility index (Phi) is 4.85. The summed E-state index contributed by atoms with van der Waals surface area (Å²) in [6.45, 7) is 3.67. The van der Waals surface area contributed by atoms with Crippen LogP contribution >= 0.6 is 15.9 Å². The van der Waals surface area contributed by atoms with E-state index >= 15 is 0 Å². The second-order valence-electron chi connectivity index (χ2n) is 7.31. The Labute approximate surface area is 177 Å². The van der Waals surface area contributed by atoms with E-state index in [0.29, 0.717) is 23.6 Å². The highest BCUT2D eigenvalue weighted by molar-refractivity contribution is 9.10. The predicted octanol–water partition coefficient (Wildman–Crippen LogP) is 4.59. The topological polar surface area (TPSA) is 73.2 Å². The van der Waals surface area contributed by atoms with E-state index in [-0.39, 0.29) is 5.88 Å². The number of rotatable bonds is 5. The molecule has 0 amide bonds. The smallest absolute Gasteiger partial charge is 0.199 e. The number of aromatic nitrogens is 1. The van der Waals surface area contributed by atoms with Gasteiger partial charge in [0.25, 0.3) is 0 Å². The number of aromatic hydroxyl groups is 1. The van der Waals surface area contributed by atoms with Crippen molar-refractivity contribution < 1.29 is 9.94 Å². The number of para-hydroxylation sites is 2. The van der Waals surface area contributed by atoms with Crippen molar-refractivity contribution in [3.8, 4) is 5.88 Å². The highest BCUT2D eigenvalue weighted by Gasteiger charge is 2.29. The number of hydrogen-bond donors (Lipinski definition) is 2. The molecule has 3 heterocycles. The van der Waals surface area contributed by atoms with Gasteiger partial charge in [-0.1, -0.05) is 35.5 Å². The van der Waals surface area contributed by atoms with E-state index in [2.05, 4.69) is 31.0 Å². The van der Waals surface area contributed by atoms with Gasteiger partial charge < -0.3 is 14.9 Å². The van der Waals surface area contributed by atoms with Gasteiger partial charge in [0.1, 0.15) is 18.0 Å². The summed E-state index contributed by atoms with van der Waals surface area (Å²) in [5, 5.41) is 16.0. The molecule has 6 nitrogen and oxygen atoms in total. The number of likely N-dealkylation sites (tertiary alicyclic amines) is 1. The quantitative estimate of drug-likeness (QED) is 0.439. The standard InChI is InChI=1S/C22H21BrN4O2/c23-16-8-5-7-15-18(22(28)25-19(15)16)21-20(14-6-1-2-9-17(14)24-21)26-29-13-12-27-10-3-4-11-27/h1-2,5-9,25,28H,3-4,10-13H2/b26-20+. The second-order valence-corrected chi connectivity index (χ2v) is 8.16. The molecule has 2 aromatic carbocycles. The molecule has 3 aromatic rings. The molecule has 148 valence electrons. The lowest BCUT2D eigenvalue weighted by molar-refractivity contribution is 0.119. The van der Waals surface area contributed by atoms with Crippen LogP contribution in [-0.4, -0.2) is 52.7 Å². The van der Waals surface area contributed by atoms with E-state index in [1.54, 1.807) is 0 Å². The summed E-state index contributed by atoms with van der Waals surface area (Å²) in [6.07, 6.45) is 2.52. The monoisotopic (exact) mass is 452 g/mol. The lowest BCUT2D eigenvalue weighted by Gasteiger charge is -2.13. The molecule has 2 aliphatic rings. The lowest BCUT2D eigenvalue weighted by Crippen LogP contribution is -2.23. The first kappa shape index (κ1) is 18.4. The summed E-state index contributed by atoms with van der Waals surface area (Å²) in [4.78, 5) is 15.9. The molecule has 1 fully saturated rings. The predicted molar refractivity (Wildman–Crippen MR) is 118 cm³/mol. The molecule has 0 aliphatic carbocycles. The van der Waals surface area contributed by atoms with E-state index in [4.69, 9.17) is 9.83 Å². The third kappa shape index (κ3) is 3.34. The number of hydrogen-bond acceptors (Lipinski definition) is 5. The van der Waals surface area contributed by atoms with Crippen LogP contribution in [0.1, 0.15) is 24.0 Å². The van der Waals surface area contributed by atoms with E-state index < -0.39 is 0 Å². The minimum absolute atomic E-state index is 0.0724. The van der Waals surface area contributed by atoms with Crippen LogP contribution in [0.4, 0.5) is 5.69 Å². The van der Waals surface area contributed by atoms with Crippen LogP contribution in [-0.2, 0) is 4.84 Å². The number of aliphatic imine (C=N–C) groups is 1. The van der Waals surface area contributed by atoms with E-state index in [1.165, 1.54) is 12.8 Å². The van der Waals surface area contributed by atoms with Gasteiger partial charge in [-0.05, 0) is 54.0 Å². The van der Waals surface area contributed by atoms with Gasteiger partial charge in [0.2, 0.25) is 0 Å². The number of fused-ring (bicyclic) bond motifs is 2. The molecule has 7 heteroatoms. The number of nitrogens with zero attached hydrogens (tertiary/aromatic N) is 3. The van der Waals surface area contributed by atoms with Crippen LogP contribution in [0, 0.1) is 0 Å². The van der Waals surface area contributed by atoms with Crippen LogP contribution in [0.2, 0.25) is 0 Å². The molecule has 5 rings (SSSR count). The van der Waals surface area contributed by atoms with Crippen molar-refractivity contribution in [1.29, 1.82) is 0 Å². The maximum atomic E-state index is 10.7. The molecular formula is C22H21BrN4O2. The van der Waals surface area contributed by atoms with E-state index in [1.807, 2.05) is 42.5 Å². The number of nitrogens with one attached hydrogen (secondary N) is 1. The van der Waals surface area contributed by atoms with Crippen molar-refractivity contribution in [3.63, 3.8) is 0 Å². The Morgan fingerprint density at radius 3 is 2.83 bits per heavy atom. The van der Waals surface area contributed by atoms with Gasteiger partial charge in [-0.3, -0.25) is 4.90 Å². The van der Waals surface area contributed by atoms with E-state index in [0.717, 1.165) is 46.3 Å². The molecule has 1 saturated heterocycles. The van der Waals surface area contributed by atoms with Gasteiger partial charge in [0.15, 0.2) is 5.88 Å². The highest BCUT2D eigenvalue weighted by Crippen LogP contribution is 2.37. The lowest BCUT2D eigenvalue weighted by atomic mass is 10.0. The first-order chi connectivity index (χ1) is 14.2. The van der Waals surface area contributed by atoms with Crippen molar-refractivity contribution in [2.75, 3.05) is 26.2 Å². The fourth-order valence-electron chi connectivity index (χ4n) is 4.03. The second kappa shape index (κ2) is 7.65. The number of aromatic amines is 1. The van der Waals surface area contributed by atoms with Gasteiger partial charge in [0.05, 0.1) is 16.8 Å². The van der Waals surface area contributed by atoms with Gasteiger partial charge in [-0.25, -0.2) is 4.99 Å². The van der Waals surface area contributed by atoms with Crippen molar-refractivity contribution in [2.24, 2.45) is 10.1 Å². The number of H-pyrrole nitrogens is 1. The zero-order valence-corrected chi connectivity index (χ0v) is 17.4. The van der Waals surface area contributed by atoms with E-state index in [9.17, 15) is 5.11 Å². The Morgan fingerprint density at radius 1 is 1.14 bits per heavy atom. The van der Waals surface area contributed by atoms with Crippen LogP contribution in [0.25, 0.3) is 10.9 Å². The molecule has 0 spiro atoms. The first-order valence-electron chi connectivity index (χ1n) is 9.82. The summed E-state index contributed by atoms with van der Waals surface area (Å²) < 4.78 is 0.882. The molecule has 0 radical (unpaired) electrons. The number of halogens is 1. The van der Waals surface area contributed by atoms with Gasteiger partial charge >= 0.3 is 0 Å². The Balaban J connectivity index is 1.50. The van der Waals surface area contributed by atoms with Crippen LogP contribution in [0.15, 0.2) is 57.1 Å². The SMILES string of the molecule is Oc1[nH]c2c(Br)cccc2c1C1=Nc2ccccc2/C1=N\OCCN1CCCC1. The average Bonchev–Trinajstić information content (AvgIpc) is 3.43. The zero-order valence-electron chi connectivity index (χ0n) is 15.9. The zero-order chi connectivity index (χ0) is 19.8. The number of oxime groups is 1. The molecule has 2 N–H and O–H groups in total. The minimum atomic E-state index is 0.0724. The molecule has 1 aromatic heterocycles. The van der Waals surface area contributed by atoms with Gasteiger partial charge in [0, 0.05) is 22.0 Å². The highest BCUT2D eigenvalue weighted by atomic mass is 79.9. The van der Waals surface area contributed by atoms with Gasteiger partial charge in [-0.2, -0.15) is 0 Å². The largest absolute Gasteiger partial charge is 0.494 e. The van der Waals surface area contributed by atoms with Crippen molar-refractivity contribution >= 4 is 43.9 Å². The third-order valence-corrected chi connectivity index (χ3v) is 6.13. The van der Waals surface area contributed by atoms with Crippen LogP contribution in [0.5, 0.6) is 5.88 Å². The Morgan fingerprint density at radius 2 is 1.97 bits per heavy atom. The molecule has 29 heavy (non-hydrogen) atoms. The van der Waals surface area contributed by atoms with Crippen molar-refractivity contribution in [2.45, 2.75) is 12.8 Å². The van der Waals surface area contributed by atoms with Crippen molar-refractivity contribution in [1.82, 2.24) is 9.88 Å². The molecule has 2 aliphatic heterocycles. The first-order valence-corrected chi connectivity index (χ1v) is 10.6. The average molecular weight is 453 g/mol. The summed E-state index contributed by atoms with van der Waals surface area (Å²) in [7, 11) is 0. The summed E-state index contributed by atoms with van der Waals surface area (Å²) in [5.41, 5.74) is 4.47. The third-order valence-electron chi connectivity index (χ3n) is 5.47. The normalized spacial score (nSPS) is 17.8. The number of benzene rings is 2. The maximum Gasteiger partial charge on any atom is 0.199 e. The van der Waals surface area contributed by atoms with Gasteiger partial charge in [-0.15, -0.1) is 0 Å². The molecule has 0 bridgehead atoms. The molecule has 0 unspecified atom stereocenters. The summed E-state index contributed by atoms with van der Waals surface area (Å²) in [6, 6.07) is 13.7. The molecule has 0 saturated carbocycles. The minimum Gasteiger partial charge on any atom is -0.494 e. The van der Waals surface area contributed by atoms with Crippen LogP contribution in [0.3, 0.4) is 0 Å². The molecule has 0 atom stereocenters. The van der Waals surface area contributed by atoms with Crippen LogP contribution < -0.4 is 0 Å². The van der Waals surface area contributed by atoms with Crippen molar-refractivity contribution in [3.05, 3.63) is 58.1 Å². The fourth-order valence-corrected chi connectivity index (χ4v) is 4.50.